The highest BCUT2D eigenvalue weighted by Crippen LogP contribution is 2.18. The number of nitrogens with one attached hydrogen (secondary N) is 1. The van der Waals surface area contributed by atoms with Crippen molar-refractivity contribution >= 4 is 29.6 Å². The SMILES string of the molecule is CC(C)(C)OC(=O)C(CCNC(=O)/C=C/c1ccnc(Cl)c1F)OC(C)(C)C. The minimum atomic E-state index is -0.819. The number of amides is 1. The summed E-state index contributed by atoms with van der Waals surface area (Å²) in [7, 11) is 0. The van der Waals surface area contributed by atoms with Gasteiger partial charge in [-0.2, -0.15) is 0 Å². The summed E-state index contributed by atoms with van der Waals surface area (Å²) in [6.45, 7) is 11.0. The number of hydrogen-bond donors (Lipinski definition) is 1. The molecule has 0 radical (unpaired) electrons. The van der Waals surface area contributed by atoms with Gasteiger partial charge in [-0.25, -0.2) is 14.2 Å². The average molecular weight is 415 g/mol. The lowest BCUT2D eigenvalue weighted by atomic mass is 10.1. The molecule has 0 aliphatic heterocycles. The minimum Gasteiger partial charge on any atom is -0.458 e. The van der Waals surface area contributed by atoms with Crippen molar-refractivity contribution in [1.82, 2.24) is 10.3 Å². The lowest BCUT2D eigenvalue weighted by Crippen LogP contribution is -2.40. The van der Waals surface area contributed by atoms with E-state index >= 15 is 0 Å². The zero-order chi connectivity index (χ0) is 21.5. The smallest absolute Gasteiger partial charge is 0.335 e. The van der Waals surface area contributed by atoms with Gasteiger partial charge in [0.2, 0.25) is 5.91 Å². The van der Waals surface area contributed by atoms with E-state index in [4.69, 9.17) is 21.1 Å². The van der Waals surface area contributed by atoms with E-state index in [0.717, 1.165) is 0 Å². The van der Waals surface area contributed by atoms with Gasteiger partial charge in [-0.15, -0.1) is 0 Å². The number of esters is 1. The Morgan fingerprint density at radius 2 is 1.89 bits per heavy atom. The van der Waals surface area contributed by atoms with Gasteiger partial charge in [0.05, 0.1) is 5.60 Å². The van der Waals surface area contributed by atoms with Crippen LogP contribution in [0.1, 0.15) is 53.5 Å². The van der Waals surface area contributed by atoms with E-state index in [1.54, 1.807) is 20.8 Å². The van der Waals surface area contributed by atoms with Crippen molar-refractivity contribution in [2.75, 3.05) is 6.54 Å². The van der Waals surface area contributed by atoms with Crippen molar-refractivity contribution in [2.24, 2.45) is 0 Å². The van der Waals surface area contributed by atoms with Crippen LogP contribution in [0.4, 0.5) is 4.39 Å². The first-order valence-corrected chi connectivity index (χ1v) is 9.33. The quantitative estimate of drug-likeness (QED) is 0.415. The molecule has 8 heteroatoms. The maximum atomic E-state index is 13.7. The Kier molecular flexibility index (Phi) is 8.57. The second kappa shape index (κ2) is 9.98. The highest BCUT2D eigenvalue weighted by atomic mass is 35.5. The third kappa shape index (κ3) is 9.28. The molecular weight excluding hydrogens is 387 g/mol. The van der Waals surface area contributed by atoms with Gasteiger partial charge in [0.25, 0.3) is 0 Å². The highest BCUT2D eigenvalue weighted by Gasteiger charge is 2.29. The molecule has 1 heterocycles. The van der Waals surface area contributed by atoms with Crippen LogP contribution in [-0.2, 0) is 19.1 Å². The summed E-state index contributed by atoms with van der Waals surface area (Å²) in [5, 5.41) is 2.37. The average Bonchev–Trinajstić information content (AvgIpc) is 2.52. The number of carbonyl (C=O) groups is 2. The molecule has 1 unspecified atom stereocenters. The molecular formula is C20H28ClFN2O4. The van der Waals surface area contributed by atoms with Crippen LogP contribution in [0, 0.1) is 5.82 Å². The van der Waals surface area contributed by atoms with Gasteiger partial charge >= 0.3 is 5.97 Å². The molecule has 156 valence electrons. The molecule has 1 aromatic heterocycles. The van der Waals surface area contributed by atoms with Crippen molar-refractivity contribution in [3.63, 3.8) is 0 Å². The van der Waals surface area contributed by atoms with E-state index in [-0.39, 0.29) is 23.7 Å². The third-order valence-corrected chi connectivity index (χ3v) is 3.43. The second-order valence-electron chi connectivity index (χ2n) is 8.17. The molecule has 1 rings (SSSR count). The first kappa shape index (κ1) is 24.0. The van der Waals surface area contributed by atoms with Gasteiger partial charge in [0.1, 0.15) is 5.60 Å². The Hall–Kier alpha value is -1.99. The monoisotopic (exact) mass is 414 g/mol. The number of rotatable bonds is 7. The Labute approximate surface area is 170 Å². The number of nitrogens with zero attached hydrogens (tertiary/aromatic N) is 1. The van der Waals surface area contributed by atoms with Crippen LogP contribution in [0.15, 0.2) is 18.3 Å². The van der Waals surface area contributed by atoms with Crippen LogP contribution >= 0.6 is 11.6 Å². The summed E-state index contributed by atoms with van der Waals surface area (Å²) < 4.78 is 24.9. The Bertz CT molecular complexity index is 724. The van der Waals surface area contributed by atoms with Crippen LogP contribution in [0.25, 0.3) is 6.08 Å². The summed E-state index contributed by atoms with van der Waals surface area (Å²) in [6, 6.07) is 1.40. The van der Waals surface area contributed by atoms with Crippen molar-refractivity contribution in [1.29, 1.82) is 0 Å². The van der Waals surface area contributed by atoms with Gasteiger partial charge in [0.15, 0.2) is 17.1 Å². The third-order valence-electron chi connectivity index (χ3n) is 3.16. The number of halogens is 2. The van der Waals surface area contributed by atoms with E-state index in [1.165, 1.54) is 24.4 Å². The summed E-state index contributed by atoms with van der Waals surface area (Å²) in [4.78, 5) is 27.9. The molecule has 0 aliphatic rings. The second-order valence-corrected chi connectivity index (χ2v) is 8.53. The Balaban J connectivity index is 2.64. The topological polar surface area (TPSA) is 77.5 Å². The molecule has 0 aromatic carbocycles. The maximum Gasteiger partial charge on any atom is 0.335 e. The fourth-order valence-corrected chi connectivity index (χ4v) is 2.30. The van der Waals surface area contributed by atoms with Crippen molar-refractivity contribution in [2.45, 2.75) is 65.3 Å². The predicted octanol–water partition coefficient (Wildman–Crippen LogP) is 3.92. The van der Waals surface area contributed by atoms with E-state index in [2.05, 4.69) is 10.3 Å². The number of hydrogen-bond acceptors (Lipinski definition) is 5. The van der Waals surface area contributed by atoms with E-state index in [1.807, 2.05) is 20.8 Å². The Morgan fingerprint density at radius 1 is 1.25 bits per heavy atom. The first-order valence-electron chi connectivity index (χ1n) is 8.95. The number of carbonyl (C=O) groups excluding carboxylic acids is 2. The summed E-state index contributed by atoms with van der Waals surface area (Å²) in [5.74, 6) is -1.62. The summed E-state index contributed by atoms with van der Waals surface area (Å²) in [6.07, 6.45) is 3.25. The van der Waals surface area contributed by atoms with E-state index < -0.39 is 35.0 Å². The fourth-order valence-electron chi connectivity index (χ4n) is 2.13. The normalized spacial score (nSPS) is 13.4. The molecule has 1 aromatic rings. The molecule has 0 bridgehead atoms. The van der Waals surface area contributed by atoms with Gasteiger partial charge in [-0.3, -0.25) is 4.79 Å². The Morgan fingerprint density at radius 3 is 2.46 bits per heavy atom. The fraction of sp³-hybridized carbons (Fsp3) is 0.550. The lowest BCUT2D eigenvalue weighted by molar-refractivity contribution is -0.177. The molecule has 0 aliphatic carbocycles. The number of pyridine rings is 1. The molecule has 0 fully saturated rings. The lowest BCUT2D eigenvalue weighted by Gasteiger charge is -2.29. The molecule has 1 amide bonds. The van der Waals surface area contributed by atoms with Crippen LogP contribution in [-0.4, -0.2) is 40.7 Å². The van der Waals surface area contributed by atoms with Crippen molar-refractivity contribution in [3.05, 3.63) is 34.9 Å². The maximum absolute atomic E-state index is 13.7. The summed E-state index contributed by atoms with van der Waals surface area (Å²) >= 11 is 5.60. The molecule has 1 N–H and O–H groups in total. The minimum absolute atomic E-state index is 0.151. The number of ether oxygens (including phenoxy) is 2. The van der Waals surface area contributed by atoms with Gasteiger partial charge in [-0.1, -0.05) is 11.6 Å². The largest absolute Gasteiger partial charge is 0.458 e. The molecule has 6 nitrogen and oxygen atoms in total. The molecule has 0 spiro atoms. The standard InChI is InChI=1S/C20H28ClFN2O4/c1-19(2,3)27-14(18(26)28-20(4,5)6)10-12-23-15(25)8-7-13-9-11-24-17(21)16(13)22/h7-9,11,14H,10,12H2,1-6H3,(H,23,25)/b8-7+. The summed E-state index contributed by atoms with van der Waals surface area (Å²) in [5.41, 5.74) is -1.04. The highest BCUT2D eigenvalue weighted by molar-refractivity contribution is 6.29. The molecule has 0 saturated carbocycles. The zero-order valence-corrected chi connectivity index (χ0v) is 17.9. The number of aromatic nitrogens is 1. The molecule has 1 atom stereocenters. The van der Waals surface area contributed by atoms with Crippen molar-refractivity contribution < 1.29 is 23.5 Å². The van der Waals surface area contributed by atoms with Crippen LogP contribution in [0.2, 0.25) is 5.15 Å². The van der Waals surface area contributed by atoms with Crippen LogP contribution < -0.4 is 5.32 Å². The zero-order valence-electron chi connectivity index (χ0n) is 17.1. The van der Waals surface area contributed by atoms with Crippen LogP contribution in [0.5, 0.6) is 0 Å². The van der Waals surface area contributed by atoms with Gasteiger partial charge < -0.3 is 14.8 Å². The van der Waals surface area contributed by atoms with Crippen LogP contribution in [0.3, 0.4) is 0 Å². The van der Waals surface area contributed by atoms with Gasteiger partial charge in [-0.05, 0) is 53.7 Å². The molecule has 0 saturated heterocycles. The van der Waals surface area contributed by atoms with E-state index in [0.29, 0.717) is 0 Å². The van der Waals surface area contributed by atoms with Gasteiger partial charge in [0, 0.05) is 30.8 Å². The first-order chi connectivity index (χ1) is 12.8. The predicted molar refractivity (Wildman–Crippen MR) is 106 cm³/mol. The van der Waals surface area contributed by atoms with E-state index in [9.17, 15) is 14.0 Å². The van der Waals surface area contributed by atoms with Crippen molar-refractivity contribution in [3.8, 4) is 0 Å². The molecule has 28 heavy (non-hydrogen) atoms.